The molecule has 0 aliphatic heterocycles. The first-order valence-electron chi connectivity index (χ1n) is 9.13. The van der Waals surface area contributed by atoms with Crippen molar-refractivity contribution >= 4 is 23.6 Å². The van der Waals surface area contributed by atoms with E-state index in [9.17, 15) is 18.4 Å². The Bertz CT molecular complexity index is 1090. The summed E-state index contributed by atoms with van der Waals surface area (Å²) in [5, 5.41) is 13.4. The van der Waals surface area contributed by atoms with Crippen molar-refractivity contribution in [2.24, 2.45) is 14.1 Å². The number of nitrogens with zero attached hydrogens (tertiary/aromatic N) is 4. The normalized spacial score (nSPS) is 11.1. The van der Waals surface area contributed by atoms with Gasteiger partial charge in [-0.25, -0.2) is 0 Å². The maximum Gasteiger partial charge on any atom is 0.387 e. The van der Waals surface area contributed by atoms with Gasteiger partial charge < -0.3 is 15.4 Å². The number of nitrogens with one attached hydrogen (secondary N) is 2. The Morgan fingerprint density at radius 3 is 2.55 bits per heavy atom. The van der Waals surface area contributed by atoms with Gasteiger partial charge in [0, 0.05) is 38.5 Å². The largest absolute Gasteiger partial charge is 0.435 e. The van der Waals surface area contributed by atoms with E-state index in [1.165, 1.54) is 47.3 Å². The maximum absolute atomic E-state index is 12.6. The SMILES string of the molecule is Cn1cc(CNC(=O)c2c(NC(=O)/C=C\c3ccc(OC(F)F)cc3)cnn2C)cn1. The van der Waals surface area contributed by atoms with Crippen molar-refractivity contribution in [3.8, 4) is 5.75 Å². The number of rotatable bonds is 8. The number of benzene rings is 1. The van der Waals surface area contributed by atoms with Crippen molar-refractivity contribution in [3.05, 3.63) is 65.8 Å². The zero-order chi connectivity index (χ0) is 22.4. The lowest BCUT2D eigenvalue weighted by Crippen LogP contribution is -2.26. The summed E-state index contributed by atoms with van der Waals surface area (Å²) in [7, 11) is 3.37. The van der Waals surface area contributed by atoms with E-state index in [0.717, 1.165) is 5.56 Å². The number of aryl methyl sites for hydroxylation is 2. The summed E-state index contributed by atoms with van der Waals surface area (Å²) in [6.45, 7) is -2.63. The number of ether oxygens (including phenoxy) is 1. The molecule has 0 unspecified atom stereocenters. The van der Waals surface area contributed by atoms with Gasteiger partial charge in [-0.2, -0.15) is 19.0 Å². The lowest BCUT2D eigenvalue weighted by atomic mass is 10.2. The third-order valence-electron chi connectivity index (χ3n) is 4.16. The summed E-state index contributed by atoms with van der Waals surface area (Å²) in [5.41, 5.74) is 1.88. The zero-order valence-corrected chi connectivity index (χ0v) is 16.8. The number of hydrogen-bond acceptors (Lipinski definition) is 5. The molecule has 3 rings (SSSR count). The Morgan fingerprint density at radius 1 is 1.16 bits per heavy atom. The number of hydrogen-bond donors (Lipinski definition) is 2. The molecule has 2 heterocycles. The molecule has 0 atom stereocenters. The van der Waals surface area contributed by atoms with Crippen molar-refractivity contribution in [1.29, 1.82) is 0 Å². The van der Waals surface area contributed by atoms with Crippen LogP contribution in [0.15, 0.2) is 48.9 Å². The minimum absolute atomic E-state index is 0.0221. The fraction of sp³-hybridized carbons (Fsp3) is 0.200. The van der Waals surface area contributed by atoms with Crippen LogP contribution in [0.1, 0.15) is 21.6 Å². The van der Waals surface area contributed by atoms with Gasteiger partial charge in [0.15, 0.2) is 0 Å². The standard InChI is InChI=1S/C20H20F2N6O3/c1-27-12-14(10-24-27)9-23-19(30)18-16(11-25-28(18)2)26-17(29)8-5-13-3-6-15(7-4-13)31-20(21)22/h3-8,10-12,20H,9H2,1-2H3,(H,23,30)(H,26,29)/b8-5-. The molecule has 0 aliphatic rings. The van der Waals surface area contributed by atoms with Crippen LogP contribution in [0.4, 0.5) is 14.5 Å². The molecule has 2 aromatic heterocycles. The highest BCUT2D eigenvalue weighted by Gasteiger charge is 2.18. The molecule has 162 valence electrons. The molecular formula is C20H20F2N6O3. The number of amides is 2. The smallest absolute Gasteiger partial charge is 0.387 e. The molecule has 0 aliphatic carbocycles. The average molecular weight is 430 g/mol. The fourth-order valence-electron chi connectivity index (χ4n) is 2.73. The average Bonchev–Trinajstić information content (AvgIpc) is 3.30. The van der Waals surface area contributed by atoms with E-state index in [1.807, 2.05) is 0 Å². The molecule has 2 N–H and O–H groups in total. The molecule has 11 heteroatoms. The monoisotopic (exact) mass is 430 g/mol. The summed E-state index contributed by atoms with van der Waals surface area (Å²) in [6, 6.07) is 5.80. The molecule has 31 heavy (non-hydrogen) atoms. The number of carbonyl (C=O) groups excluding carboxylic acids is 2. The number of anilines is 1. The van der Waals surface area contributed by atoms with Gasteiger partial charge in [-0.1, -0.05) is 12.1 Å². The first-order valence-corrected chi connectivity index (χ1v) is 9.13. The van der Waals surface area contributed by atoms with Crippen molar-refractivity contribution in [1.82, 2.24) is 24.9 Å². The Hall–Kier alpha value is -4.02. The van der Waals surface area contributed by atoms with Gasteiger partial charge in [-0.05, 0) is 23.8 Å². The van der Waals surface area contributed by atoms with Crippen molar-refractivity contribution in [3.63, 3.8) is 0 Å². The van der Waals surface area contributed by atoms with Gasteiger partial charge in [0.25, 0.3) is 5.91 Å². The number of aromatic nitrogens is 4. The second-order valence-corrected chi connectivity index (χ2v) is 6.51. The van der Waals surface area contributed by atoms with Crippen molar-refractivity contribution in [2.75, 3.05) is 5.32 Å². The predicted molar refractivity (Wildman–Crippen MR) is 108 cm³/mol. The first kappa shape index (κ1) is 21.7. The first-order chi connectivity index (χ1) is 14.8. The van der Waals surface area contributed by atoms with Crippen LogP contribution >= 0.6 is 0 Å². The number of alkyl halides is 2. The highest BCUT2D eigenvalue weighted by atomic mass is 19.3. The molecule has 0 radical (unpaired) electrons. The lowest BCUT2D eigenvalue weighted by Gasteiger charge is -2.07. The van der Waals surface area contributed by atoms with Gasteiger partial charge in [-0.15, -0.1) is 0 Å². The van der Waals surface area contributed by atoms with Crippen LogP contribution in [0.3, 0.4) is 0 Å². The van der Waals surface area contributed by atoms with Crippen LogP contribution in [-0.2, 0) is 25.4 Å². The molecule has 0 bridgehead atoms. The second-order valence-electron chi connectivity index (χ2n) is 6.51. The Kier molecular flexibility index (Phi) is 6.75. The van der Waals surface area contributed by atoms with Crippen LogP contribution in [0, 0.1) is 0 Å². The van der Waals surface area contributed by atoms with Crippen LogP contribution in [0.25, 0.3) is 6.08 Å². The molecule has 0 fully saturated rings. The van der Waals surface area contributed by atoms with E-state index in [0.29, 0.717) is 5.56 Å². The van der Waals surface area contributed by atoms with Gasteiger partial charge in [0.1, 0.15) is 11.4 Å². The summed E-state index contributed by atoms with van der Waals surface area (Å²) in [5.74, 6) is -0.867. The van der Waals surface area contributed by atoms with Crippen LogP contribution in [-0.4, -0.2) is 38.0 Å². The minimum Gasteiger partial charge on any atom is -0.435 e. The third-order valence-corrected chi connectivity index (χ3v) is 4.16. The zero-order valence-electron chi connectivity index (χ0n) is 16.8. The van der Waals surface area contributed by atoms with E-state index in [1.54, 1.807) is 31.2 Å². The second kappa shape index (κ2) is 9.65. The van der Waals surface area contributed by atoms with Crippen LogP contribution in [0.2, 0.25) is 0 Å². The minimum atomic E-state index is -2.90. The highest BCUT2D eigenvalue weighted by Crippen LogP contribution is 2.17. The fourth-order valence-corrected chi connectivity index (χ4v) is 2.73. The van der Waals surface area contributed by atoms with E-state index < -0.39 is 18.4 Å². The number of carbonyl (C=O) groups is 2. The Labute approximate surface area is 176 Å². The van der Waals surface area contributed by atoms with Crippen molar-refractivity contribution in [2.45, 2.75) is 13.2 Å². The quantitative estimate of drug-likeness (QED) is 0.534. The van der Waals surface area contributed by atoms with Gasteiger partial charge in [-0.3, -0.25) is 19.0 Å². The number of halogens is 2. The lowest BCUT2D eigenvalue weighted by molar-refractivity contribution is -0.111. The molecule has 0 saturated carbocycles. The topological polar surface area (TPSA) is 103 Å². The molecule has 1 aromatic carbocycles. The molecule has 0 spiro atoms. The van der Waals surface area contributed by atoms with Crippen LogP contribution in [0.5, 0.6) is 5.75 Å². The Morgan fingerprint density at radius 2 is 1.90 bits per heavy atom. The van der Waals surface area contributed by atoms with Crippen LogP contribution < -0.4 is 15.4 Å². The summed E-state index contributed by atoms with van der Waals surface area (Å²) >= 11 is 0. The van der Waals surface area contributed by atoms with Gasteiger partial charge in [0.05, 0.1) is 18.1 Å². The summed E-state index contributed by atoms with van der Waals surface area (Å²) in [4.78, 5) is 24.8. The van der Waals surface area contributed by atoms with E-state index in [-0.39, 0.29) is 23.7 Å². The molecular weight excluding hydrogens is 410 g/mol. The third kappa shape index (κ3) is 5.98. The molecule has 3 aromatic rings. The van der Waals surface area contributed by atoms with Gasteiger partial charge in [0.2, 0.25) is 5.91 Å². The summed E-state index contributed by atoms with van der Waals surface area (Å²) < 4.78 is 31.6. The van der Waals surface area contributed by atoms with E-state index in [4.69, 9.17) is 0 Å². The summed E-state index contributed by atoms with van der Waals surface area (Å²) in [6.07, 6.45) is 7.56. The molecule has 2 amide bonds. The van der Waals surface area contributed by atoms with E-state index >= 15 is 0 Å². The van der Waals surface area contributed by atoms with Gasteiger partial charge >= 0.3 is 6.61 Å². The molecule has 9 nitrogen and oxygen atoms in total. The van der Waals surface area contributed by atoms with Crippen molar-refractivity contribution < 1.29 is 23.1 Å². The highest BCUT2D eigenvalue weighted by molar-refractivity contribution is 6.06. The van der Waals surface area contributed by atoms with E-state index in [2.05, 4.69) is 25.6 Å². The Balaban J connectivity index is 1.61. The predicted octanol–water partition coefficient (Wildman–Crippen LogP) is 2.34. The molecule has 0 saturated heterocycles. The maximum atomic E-state index is 12.6.